The van der Waals surface area contributed by atoms with Crippen LogP contribution in [0.1, 0.15) is 43.6 Å². The van der Waals surface area contributed by atoms with Crippen molar-refractivity contribution in [2.45, 2.75) is 62.3 Å². The molecule has 0 unspecified atom stereocenters. The van der Waals surface area contributed by atoms with Crippen molar-refractivity contribution in [3.05, 3.63) is 35.9 Å². The van der Waals surface area contributed by atoms with E-state index in [0.717, 1.165) is 45.6 Å². The zero-order chi connectivity index (χ0) is 18.2. The van der Waals surface area contributed by atoms with E-state index in [0.29, 0.717) is 24.0 Å². The number of carbonyl (C=O) groups is 1. The summed E-state index contributed by atoms with van der Waals surface area (Å²) in [6, 6.07) is 12.8. The van der Waals surface area contributed by atoms with E-state index in [1.54, 1.807) is 0 Å². The first kappa shape index (κ1) is 17.7. The molecule has 3 heterocycles. The van der Waals surface area contributed by atoms with E-state index in [-0.39, 0.29) is 12.0 Å². The first-order valence-electron chi connectivity index (χ1n) is 10.7. The van der Waals surface area contributed by atoms with E-state index < -0.39 is 0 Å². The Morgan fingerprint density at radius 3 is 2.56 bits per heavy atom. The van der Waals surface area contributed by atoms with Crippen LogP contribution in [0.4, 0.5) is 0 Å². The Labute approximate surface area is 162 Å². The number of benzene rings is 1. The van der Waals surface area contributed by atoms with Crippen LogP contribution in [0.15, 0.2) is 30.3 Å². The molecule has 0 spiro atoms. The maximum Gasteiger partial charge on any atom is 0.251 e. The van der Waals surface area contributed by atoms with Crippen LogP contribution in [-0.2, 0) is 9.53 Å². The number of amides is 1. The monoisotopic (exact) mass is 369 g/mol. The maximum atomic E-state index is 12.4. The zero-order valence-corrected chi connectivity index (χ0v) is 16.1. The third-order valence-corrected chi connectivity index (χ3v) is 6.89. The van der Waals surface area contributed by atoms with Gasteiger partial charge in [0.05, 0.1) is 0 Å². The standard InChI is InChI=1S/C22H31N3O2/c26-22(21-7-4-12-27-21)25-14-18(15-25)24-10-8-17(9-11-24)23-20-13-19(20)16-5-2-1-3-6-16/h1-3,5-6,17-21,23H,4,7-15H2/t19-,20+,21-/m0/s1. The topological polar surface area (TPSA) is 44.8 Å². The van der Waals surface area contributed by atoms with Gasteiger partial charge in [0.2, 0.25) is 0 Å². The molecule has 5 nitrogen and oxygen atoms in total. The van der Waals surface area contributed by atoms with E-state index in [2.05, 4.69) is 40.5 Å². The highest BCUT2D eigenvalue weighted by Gasteiger charge is 2.42. The first-order valence-corrected chi connectivity index (χ1v) is 10.7. The van der Waals surface area contributed by atoms with Crippen molar-refractivity contribution in [1.82, 2.24) is 15.1 Å². The van der Waals surface area contributed by atoms with Crippen molar-refractivity contribution in [2.75, 3.05) is 32.8 Å². The molecule has 4 fully saturated rings. The number of rotatable bonds is 5. The minimum Gasteiger partial charge on any atom is -0.368 e. The van der Waals surface area contributed by atoms with E-state index in [1.807, 2.05) is 4.90 Å². The number of carbonyl (C=O) groups excluding carboxylic acids is 1. The number of hydrogen-bond donors (Lipinski definition) is 1. The van der Waals surface area contributed by atoms with Crippen molar-refractivity contribution in [1.29, 1.82) is 0 Å². The molecule has 0 radical (unpaired) electrons. The van der Waals surface area contributed by atoms with Gasteiger partial charge in [0.25, 0.3) is 5.91 Å². The summed E-state index contributed by atoms with van der Waals surface area (Å²) in [5.41, 5.74) is 1.48. The highest BCUT2D eigenvalue weighted by molar-refractivity contribution is 5.82. The summed E-state index contributed by atoms with van der Waals surface area (Å²) in [7, 11) is 0. The van der Waals surface area contributed by atoms with Crippen LogP contribution in [0.2, 0.25) is 0 Å². The Balaban J connectivity index is 1.02. The molecule has 1 amide bonds. The molecule has 1 aromatic rings. The molecule has 5 heteroatoms. The van der Waals surface area contributed by atoms with Gasteiger partial charge in [0.15, 0.2) is 0 Å². The predicted octanol–water partition coefficient (Wildman–Crippen LogP) is 1.99. The minimum atomic E-state index is -0.156. The third kappa shape index (κ3) is 3.78. The zero-order valence-electron chi connectivity index (χ0n) is 16.1. The fourth-order valence-electron chi connectivity index (χ4n) is 5.02. The van der Waals surface area contributed by atoms with Gasteiger partial charge in [-0.3, -0.25) is 9.69 Å². The largest absolute Gasteiger partial charge is 0.368 e. The molecule has 3 atom stereocenters. The molecule has 0 bridgehead atoms. The van der Waals surface area contributed by atoms with Crippen LogP contribution in [-0.4, -0.2) is 72.7 Å². The summed E-state index contributed by atoms with van der Waals surface area (Å²) >= 11 is 0. The summed E-state index contributed by atoms with van der Waals surface area (Å²) in [6.07, 6.45) is 5.52. The van der Waals surface area contributed by atoms with Gasteiger partial charge in [-0.15, -0.1) is 0 Å². The van der Waals surface area contributed by atoms with Crippen LogP contribution >= 0.6 is 0 Å². The molecule has 4 aliphatic rings. The lowest BCUT2D eigenvalue weighted by Gasteiger charge is -2.48. The van der Waals surface area contributed by atoms with Crippen LogP contribution in [0.3, 0.4) is 0 Å². The molecule has 146 valence electrons. The van der Waals surface area contributed by atoms with Crippen LogP contribution in [0.25, 0.3) is 0 Å². The number of ether oxygens (including phenoxy) is 1. The number of nitrogens with zero attached hydrogens (tertiary/aromatic N) is 2. The van der Waals surface area contributed by atoms with E-state index in [1.165, 1.54) is 24.8 Å². The summed E-state index contributed by atoms with van der Waals surface area (Å²) in [5, 5.41) is 3.89. The molecule has 27 heavy (non-hydrogen) atoms. The number of piperidine rings is 1. The van der Waals surface area contributed by atoms with Gasteiger partial charge < -0.3 is 15.0 Å². The van der Waals surface area contributed by atoms with Crippen molar-refractivity contribution in [2.24, 2.45) is 0 Å². The van der Waals surface area contributed by atoms with E-state index >= 15 is 0 Å². The van der Waals surface area contributed by atoms with Gasteiger partial charge in [-0.25, -0.2) is 0 Å². The highest BCUT2D eigenvalue weighted by Crippen LogP contribution is 2.41. The van der Waals surface area contributed by atoms with Gasteiger partial charge in [-0.05, 0) is 37.7 Å². The average molecular weight is 370 g/mol. The number of nitrogens with one attached hydrogen (secondary N) is 1. The lowest BCUT2D eigenvalue weighted by atomic mass is 9.98. The molecule has 1 saturated carbocycles. The summed E-state index contributed by atoms with van der Waals surface area (Å²) < 4.78 is 5.54. The van der Waals surface area contributed by atoms with Crippen LogP contribution in [0.5, 0.6) is 0 Å². The van der Waals surface area contributed by atoms with Gasteiger partial charge in [0, 0.05) is 56.8 Å². The summed E-state index contributed by atoms with van der Waals surface area (Å²) in [4.78, 5) is 17.0. The van der Waals surface area contributed by atoms with Gasteiger partial charge >= 0.3 is 0 Å². The molecule has 5 rings (SSSR count). The van der Waals surface area contributed by atoms with Crippen LogP contribution in [0, 0.1) is 0 Å². The Bertz CT molecular complexity index is 647. The summed E-state index contributed by atoms with van der Waals surface area (Å²) in [5.74, 6) is 0.939. The number of likely N-dealkylation sites (tertiary alicyclic amines) is 2. The fraction of sp³-hybridized carbons (Fsp3) is 0.682. The van der Waals surface area contributed by atoms with E-state index in [9.17, 15) is 4.79 Å². The van der Waals surface area contributed by atoms with Crippen molar-refractivity contribution in [3.63, 3.8) is 0 Å². The van der Waals surface area contributed by atoms with Gasteiger partial charge in [0.1, 0.15) is 6.10 Å². The number of hydrogen-bond acceptors (Lipinski definition) is 4. The second kappa shape index (κ2) is 7.53. The summed E-state index contributed by atoms with van der Waals surface area (Å²) in [6.45, 7) is 4.87. The van der Waals surface area contributed by atoms with Gasteiger partial charge in [-0.2, -0.15) is 0 Å². The molecular formula is C22H31N3O2. The van der Waals surface area contributed by atoms with Crippen molar-refractivity contribution < 1.29 is 9.53 Å². The average Bonchev–Trinajstić information content (AvgIpc) is 3.21. The normalized spacial score (nSPS) is 32.4. The molecule has 1 aliphatic carbocycles. The molecule has 3 saturated heterocycles. The molecule has 0 aromatic heterocycles. The van der Waals surface area contributed by atoms with Crippen molar-refractivity contribution in [3.8, 4) is 0 Å². The quantitative estimate of drug-likeness (QED) is 0.862. The minimum absolute atomic E-state index is 0.156. The second-order valence-corrected chi connectivity index (χ2v) is 8.73. The smallest absolute Gasteiger partial charge is 0.251 e. The van der Waals surface area contributed by atoms with Crippen LogP contribution < -0.4 is 5.32 Å². The Hall–Kier alpha value is -1.43. The molecule has 1 N–H and O–H groups in total. The highest BCUT2D eigenvalue weighted by atomic mass is 16.5. The predicted molar refractivity (Wildman–Crippen MR) is 105 cm³/mol. The second-order valence-electron chi connectivity index (χ2n) is 8.73. The Morgan fingerprint density at radius 1 is 1.07 bits per heavy atom. The third-order valence-electron chi connectivity index (χ3n) is 6.89. The Kier molecular flexibility index (Phi) is 4.92. The van der Waals surface area contributed by atoms with Gasteiger partial charge in [-0.1, -0.05) is 30.3 Å². The molecule has 3 aliphatic heterocycles. The lowest BCUT2D eigenvalue weighted by Crippen LogP contribution is -2.64. The fourth-order valence-corrected chi connectivity index (χ4v) is 5.02. The molecular weight excluding hydrogens is 338 g/mol. The lowest BCUT2D eigenvalue weighted by molar-refractivity contribution is -0.148. The maximum absolute atomic E-state index is 12.4. The first-order chi connectivity index (χ1) is 13.3. The molecule has 1 aromatic carbocycles. The van der Waals surface area contributed by atoms with E-state index in [4.69, 9.17) is 4.74 Å². The Morgan fingerprint density at radius 2 is 1.85 bits per heavy atom. The SMILES string of the molecule is O=C([C@@H]1CCCO1)N1CC(N2CCC(N[C@@H]3C[C@H]3c3ccccc3)CC2)C1. The van der Waals surface area contributed by atoms with Crippen molar-refractivity contribution >= 4 is 5.91 Å².